The second-order valence-corrected chi connectivity index (χ2v) is 6.23. The van der Waals surface area contributed by atoms with Crippen LogP contribution in [0.15, 0.2) is 28.7 Å². The Morgan fingerprint density at radius 3 is 2.71 bits per heavy atom. The number of nitrogens with zero attached hydrogens (tertiary/aromatic N) is 1. The first-order chi connectivity index (χ1) is 11.4. The molecule has 1 N–H and O–H groups in total. The number of furan rings is 1. The van der Waals surface area contributed by atoms with Crippen LogP contribution in [0.3, 0.4) is 0 Å². The summed E-state index contributed by atoms with van der Waals surface area (Å²) in [6.07, 6.45) is 1.70. The minimum atomic E-state index is -0.884. The average molecular weight is 334 g/mol. The molecule has 3 rings (SSSR count). The van der Waals surface area contributed by atoms with E-state index in [1.807, 2.05) is 19.9 Å². The first-order valence-electron chi connectivity index (χ1n) is 8.02. The quantitative estimate of drug-likeness (QED) is 0.926. The lowest BCUT2D eigenvalue weighted by atomic mass is 10.0. The van der Waals surface area contributed by atoms with Gasteiger partial charge in [-0.05, 0) is 44.9 Å². The van der Waals surface area contributed by atoms with E-state index in [4.69, 9.17) is 4.42 Å². The van der Waals surface area contributed by atoms with Crippen LogP contribution in [-0.2, 0) is 0 Å². The Hall–Kier alpha value is -2.37. The molecule has 128 valence electrons. The van der Waals surface area contributed by atoms with Gasteiger partial charge in [-0.25, -0.2) is 8.78 Å². The topological polar surface area (TPSA) is 45.5 Å². The van der Waals surface area contributed by atoms with Crippen molar-refractivity contribution in [3.05, 3.63) is 53.0 Å². The normalized spacial score (nSPS) is 17.8. The van der Waals surface area contributed by atoms with Gasteiger partial charge in [-0.3, -0.25) is 4.79 Å². The third-order valence-electron chi connectivity index (χ3n) is 4.23. The summed E-state index contributed by atoms with van der Waals surface area (Å²) in [5, 5.41) is 3.17. The zero-order valence-electron chi connectivity index (χ0n) is 13.7. The SMILES string of the molecule is Cc1cc(C)c(C(=O)N2CCC[C@H](Nc3ccc(F)c(F)c3)C2)o1. The number of aryl methyl sites for hydroxylation is 2. The van der Waals surface area contributed by atoms with E-state index in [2.05, 4.69) is 5.32 Å². The van der Waals surface area contributed by atoms with Gasteiger partial charge in [0.25, 0.3) is 5.91 Å². The molecule has 1 saturated heterocycles. The smallest absolute Gasteiger partial charge is 0.289 e. The number of benzene rings is 1. The van der Waals surface area contributed by atoms with Crippen LogP contribution < -0.4 is 5.32 Å². The van der Waals surface area contributed by atoms with Gasteiger partial charge in [-0.1, -0.05) is 0 Å². The van der Waals surface area contributed by atoms with E-state index >= 15 is 0 Å². The van der Waals surface area contributed by atoms with Gasteiger partial charge in [0, 0.05) is 36.4 Å². The van der Waals surface area contributed by atoms with Crippen molar-refractivity contribution in [1.29, 1.82) is 0 Å². The fourth-order valence-electron chi connectivity index (χ4n) is 3.10. The van der Waals surface area contributed by atoms with Gasteiger partial charge in [0.05, 0.1) is 0 Å². The Balaban J connectivity index is 1.68. The average Bonchev–Trinajstić information content (AvgIpc) is 2.89. The van der Waals surface area contributed by atoms with Crippen molar-refractivity contribution in [2.75, 3.05) is 18.4 Å². The minimum Gasteiger partial charge on any atom is -0.456 e. The number of piperidine rings is 1. The van der Waals surface area contributed by atoms with Gasteiger partial charge >= 0.3 is 0 Å². The molecule has 1 aromatic carbocycles. The second-order valence-electron chi connectivity index (χ2n) is 6.23. The molecular weight excluding hydrogens is 314 g/mol. The third kappa shape index (κ3) is 3.42. The summed E-state index contributed by atoms with van der Waals surface area (Å²) in [5.41, 5.74) is 1.34. The monoisotopic (exact) mass is 334 g/mol. The van der Waals surface area contributed by atoms with E-state index in [0.717, 1.165) is 30.5 Å². The molecule has 24 heavy (non-hydrogen) atoms. The summed E-state index contributed by atoms with van der Waals surface area (Å²) in [6.45, 7) is 4.82. The zero-order valence-corrected chi connectivity index (χ0v) is 13.7. The predicted molar refractivity (Wildman–Crippen MR) is 87.1 cm³/mol. The van der Waals surface area contributed by atoms with E-state index in [1.165, 1.54) is 6.07 Å². The molecule has 0 spiro atoms. The molecule has 1 atom stereocenters. The molecule has 1 aromatic heterocycles. The van der Waals surface area contributed by atoms with Crippen LogP contribution in [-0.4, -0.2) is 29.9 Å². The first kappa shape index (κ1) is 16.5. The van der Waals surface area contributed by atoms with E-state index in [9.17, 15) is 13.6 Å². The van der Waals surface area contributed by atoms with E-state index in [-0.39, 0.29) is 11.9 Å². The summed E-state index contributed by atoms with van der Waals surface area (Å²) >= 11 is 0. The van der Waals surface area contributed by atoms with Crippen molar-refractivity contribution in [2.24, 2.45) is 0 Å². The number of hydrogen-bond acceptors (Lipinski definition) is 3. The molecule has 1 aliphatic rings. The Bertz CT molecular complexity index is 757. The third-order valence-corrected chi connectivity index (χ3v) is 4.23. The molecule has 1 aliphatic heterocycles. The Morgan fingerprint density at radius 1 is 1.25 bits per heavy atom. The van der Waals surface area contributed by atoms with E-state index < -0.39 is 11.6 Å². The molecule has 1 fully saturated rings. The van der Waals surface area contributed by atoms with Crippen LogP contribution in [0.25, 0.3) is 0 Å². The largest absolute Gasteiger partial charge is 0.456 e. The number of anilines is 1. The summed E-state index contributed by atoms with van der Waals surface area (Å²) in [6, 6.07) is 5.56. The van der Waals surface area contributed by atoms with Gasteiger partial charge < -0.3 is 14.6 Å². The molecular formula is C18H20F2N2O2. The zero-order chi connectivity index (χ0) is 17.3. The highest BCUT2D eigenvalue weighted by molar-refractivity contribution is 5.93. The van der Waals surface area contributed by atoms with E-state index in [0.29, 0.717) is 30.3 Å². The number of hydrogen-bond donors (Lipinski definition) is 1. The number of likely N-dealkylation sites (tertiary alicyclic amines) is 1. The van der Waals surface area contributed by atoms with Gasteiger partial charge in [-0.2, -0.15) is 0 Å². The maximum atomic E-state index is 13.3. The van der Waals surface area contributed by atoms with Gasteiger partial charge in [0.15, 0.2) is 17.4 Å². The van der Waals surface area contributed by atoms with Crippen molar-refractivity contribution >= 4 is 11.6 Å². The molecule has 2 heterocycles. The highest BCUT2D eigenvalue weighted by Crippen LogP contribution is 2.22. The molecule has 0 radical (unpaired) electrons. The number of halogens is 2. The van der Waals surface area contributed by atoms with Crippen LogP contribution in [0.1, 0.15) is 34.7 Å². The number of nitrogens with one attached hydrogen (secondary N) is 1. The summed E-state index contributed by atoms with van der Waals surface area (Å²) < 4.78 is 31.8. The number of rotatable bonds is 3. The fraction of sp³-hybridized carbons (Fsp3) is 0.389. The Labute approximate surface area is 139 Å². The van der Waals surface area contributed by atoms with Crippen LogP contribution in [0, 0.1) is 25.5 Å². The maximum absolute atomic E-state index is 13.3. The van der Waals surface area contributed by atoms with Gasteiger partial charge in [-0.15, -0.1) is 0 Å². The standard InChI is InChI=1S/C18H20F2N2O2/c1-11-8-12(2)24-17(11)18(23)22-7-3-4-14(10-22)21-13-5-6-15(19)16(20)9-13/h5-6,8-9,14,21H,3-4,7,10H2,1-2H3/t14-/m0/s1. The second kappa shape index (κ2) is 6.63. The van der Waals surface area contributed by atoms with Crippen LogP contribution >= 0.6 is 0 Å². The van der Waals surface area contributed by atoms with Crippen LogP contribution in [0.5, 0.6) is 0 Å². The van der Waals surface area contributed by atoms with Crippen LogP contribution in [0.2, 0.25) is 0 Å². The highest BCUT2D eigenvalue weighted by Gasteiger charge is 2.27. The molecule has 1 amide bonds. The minimum absolute atomic E-state index is 0.0103. The molecule has 4 nitrogen and oxygen atoms in total. The summed E-state index contributed by atoms with van der Waals surface area (Å²) in [4.78, 5) is 14.4. The van der Waals surface area contributed by atoms with Crippen molar-refractivity contribution in [1.82, 2.24) is 4.90 Å². The van der Waals surface area contributed by atoms with E-state index in [1.54, 1.807) is 4.90 Å². The molecule has 0 bridgehead atoms. The lowest BCUT2D eigenvalue weighted by Crippen LogP contribution is -2.45. The van der Waals surface area contributed by atoms with Crippen molar-refractivity contribution < 1.29 is 18.0 Å². The number of carbonyl (C=O) groups excluding carboxylic acids is 1. The maximum Gasteiger partial charge on any atom is 0.289 e. The Morgan fingerprint density at radius 2 is 2.04 bits per heavy atom. The lowest BCUT2D eigenvalue weighted by Gasteiger charge is -2.33. The fourth-order valence-corrected chi connectivity index (χ4v) is 3.10. The molecule has 0 saturated carbocycles. The van der Waals surface area contributed by atoms with Gasteiger partial charge in [0.2, 0.25) is 0 Å². The summed E-state index contributed by atoms with van der Waals surface area (Å²) in [5.74, 6) is -0.794. The molecule has 0 aliphatic carbocycles. The van der Waals surface area contributed by atoms with Crippen molar-refractivity contribution in [3.63, 3.8) is 0 Å². The predicted octanol–water partition coefficient (Wildman–Crippen LogP) is 3.89. The van der Waals surface area contributed by atoms with Crippen molar-refractivity contribution in [2.45, 2.75) is 32.7 Å². The number of carbonyl (C=O) groups is 1. The molecule has 0 unspecified atom stereocenters. The van der Waals surface area contributed by atoms with Crippen LogP contribution in [0.4, 0.5) is 14.5 Å². The Kier molecular flexibility index (Phi) is 4.55. The first-order valence-corrected chi connectivity index (χ1v) is 8.02. The van der Waals surface area contributed by atoms with Crippen molar-refractivity contribution in [3.8, 4) is 0 Å². The highest BCUT2D eigenvalue weighted by atomic mass is 19.2. The number of amides is 1. The lowest BCUT2D eigenvalue weighted by molar-refractivity contribution is 0.0680. The molecule has 6 heteroatoms. The molecule has 2 aromatic rings. The summed E-state index contributed by atoms with van der Waals surface area (Å²) in [7, 11) is 0. The van der Waals surface area contributed by atoms with Gasteiger partial charge in [0.1, 0.15) is 5.76 Å².